The van der Waals surface area contributed by atoms with Crippen molar-refractivity contribution in [3.63, 3.8) is 0 Å². The second kappa shape index (κ2) is 6.35. The number of amides is 1. The normalized spacial score (nSPS) is 13.8. The second-order valence-corrected chi connectivity index (χ2v) is 6.84. The summed E-state index contributed by atoms with van der Waals surface area (Å²) in [6.45, 7) is 0.609. The molecule has 134 valence electrons. The van der Waals surface area contributed by atoms with Crippen molar-refractivity contribution in [1.82, 2.24) is 29.6 Å². The molecule has 0 saturated heterocycles. The summed E-state index contributed by atoms with van der Waals surface area (Å²) in [6, 6.07) is 12.3. The molecule has 0 bridgehead atoms. The standard InChI is InChI=1S/C20H18N6O/c27-20(16-2-6-19(22-10-16)25-12-23-24-13-25)26(17-3-4-17)11-14-1-5-18-15(9-14)7-8-21-18/h1-2,5-10,12-13,17,21H,3-4,11H2. The highest BCUT2D eigenvalue weighted by molar-refractivity contribution is 5.94. The summed E-state index contributed by atoms with van der Waals surface area (Å²) in [6.07, 6.45) is 8.84. The lowest BCUT2D eigenvalue weighted by Gasteiger charge is -2.22. The average Bonchev–Trinajstić information content (AvgIpc) is 3.19. The van der Waals surface area contributed by atoms with Gasteiger partial charge in [-0.2, -0.15) is 0 Å². The Morgan fingerprint density at radius 2 is 2.00 bits per heavy atom. The van der Waals surface area contributed by atoms with Crippen molar-refractivity contribution in [2.45, 2.75) is 25.4 Å². The Kier molecular flexibility index (Phi) is 3.71. The predicted molar refractivity (Wildman–Crippen MR) is 100 cm³/mol. The van der Waals surface area contributed by atoms with Crippen LogP contribution in [0.1, 0.15) is 28.8 Å². The molecule has 0 atom stereocenters. The number of carbonyl (C=O) groups is 1. The first-order valence-electron chi connectivity index (χ1n) is 8.96. The third kappa shape index (κ3) is 3.08. The van der Waals surface area contributed by atoms with Gasteiger partial charge in [0, 0.05) is 30.5 Å². The maximum absolute atomic E-state index is 13.1. The zero-order chi connectivity index (χ0) is 18.2. The van der Waals surface area contributed by atoms with Gasteiger partial charge < -0.3 is 9.88 Å². The molecule has 7 heteroatoms. The first-order chi connectivity index (χ1) is 13.3. The van der Waals surface area contributed by atoms with Crippen molar-refractivity contribution < 1.29 is 4.79 Å². The lowest BCUT2D eigenvalue weighted by molar-refractivity contribution is 0.0729. The van der Waals surface area contributed by atoms with Gasteiger partial charge in [-0.05, 0) is 54.1 Å². The molecule has 4 aromatic rings. The van der Waals surface area contributed by atoms with Crippen molar-refractivity contribution in [2.75, 3.05) is 0 Å². The van der Waals surface area contributed by atoms with Crippen LogP contribution >= 0.6 is 0 Å². The van der Waals surface area contributed by atoms with Crippen LogP contribution < -0.4 is 0 Å². The van der Waals surface area contributed by atoms with Crippen LogP contribution in [0.25, 0.3) is 16.7 Å². The van der Waals surface area contributed by atoms with Crippen LogP contribution in [0.4, 0.5) is 0 Å². The van der Waals surface area contributed by atoms with Crippen LogP contribution in [-0.4, -0.2) is 41.6 Å². The zero-order valence-electron chi connectivity index (χ0n) is 14.6. The van der Waals surface area contributed by atoms with E-state index in [9.17, 15) is 4.79 Å². The smallest absolute Gasteiger partial charge is 0.255 e. The van der Waals surface area contributed by atoms with Gasteiger partial charge in [-0.25, -0.2) is 4.98 Å². The minimum absolute atomic E-state index is 0.0227. The number of nitrogens with zero attached hydrogens (tertiary/aromatic N) is 5. The molecular formula is C20H18N6O. The number of pyridine rings is 1. The topological polar surface area (TPSA) is 79.7 Å². The molecule has 3 aromatic heterocycles. The van der Waals surface area contributed by atoms with E-state index < -0.39 is 0 Å². The van der Waals surface area contributed by atoms with E-state index in [0.29, 0.717) is 24.0 Å². The van der Waals surface area contributed by atoms with E-state index in [1.165, 1.54) is 0 Å². The molecular weight excluding hydrogens is 340 g/mol. The van der Waals surface area contributed by atoms with Crippen LogP contribution in [0.2, 0.25) is 0 Å². The second-order valence-electron chi connectivity index (χ2n) is 6.84. The van der Waals surface area contributed by atoms with E-state index in [1.807, 2.05) is 23.2 Å². The summed E-state index contributed by atoms with van der Waals surface area (Å²) >= 11 is 0. The summed E-state index contributed by atoms with van der Waals surface area (Å²) in [4.78, 5) is 22.6. The minimum atomic E-state index is 0.0227. The van der Waals surface area contributed by atoms with Crippen LogP contribution in [0.3, 0.4) is 0 Å². The van der Waals surface area contributed by atoms with Crippen molar-refractivity contribution >= 4 is 16.8 Å². The fourth-order valence-corrected chi connectivity index (χ4v) is 3.30. The number of benzene rings is 1. The number of rotatable bonds is 5. The summed E-state index contributed by atoms with van der Waals surface area (Å²) in [7, 11) is 0. The Hall–Kier alpha value is -3.48. The third-order valence-corrected chi connectivity index (χ3v) is 4.90. The van der Waals surface area contributed by atoms with E-state index in [1.54, 1.807) is 23.4 Å². The van der Waals surface area contributed by atoms with Gasteiger partial charge in [0.1, 0.15) is 18.5 Å². The van der Waals surface area contributed by atoms with E-state index in [-0.39, 0.29) is 5.91 Å². The highest BCUT2D eigenvalue weighted by Gasteiger charge is 2.33. The molecule has 0 radical (unpaired) electrons. The van der Waals surface area contributed by atoms with Gasteiger partial charge in [-0.1, -0.05) is 6.07 Å². The molecule has 0 unspecified atom stereocenters. The van der Waals surface area contributed by atoms with Crippen molar-refractivity contribution in [1.29, 1.82) is 0 Å². The fraction of sp³-hybridized carbons (Fsp3) is 0.200. The monoisotopic (exact) mass is 358 g/mol. The average molecular weight is 358 g/mol. The molecule has 1 N–H and O–H groups in total. The van der Waals surface area contributed by atoms with Crippen LogP contribution in [0.15, 0.2) is 61.4 Å². The molecule has 1 amide bonds. The van der Waals surface area contributed by atoms with Gasteiger partial charge in [-0.15, -0.1) is 10.2 Å². The summed E-state index contributed by atoms with van der Waals surface area (Å²) in [5, 5.41) is 8.71. The van der Waals surface area contributed by atoms with Crippen LogP contribution in [0.5, 0.6) is 0 Å². The summed E-state index contributed by atoms with van der Waals surface area (Å²) < 4.78 is 1.71. The number of H-pyrrole nitrogens is 1. The Balaban J connectivity index is 1.38. The van der Waals surface area contributed by atoms with Crippen LogP contribution in [-0.2, 0) is 6.54 Å². The summed E-state index contributed by atoms with van der Waals surface area (Å²) in [5.74, 6) is 0.710. The maximum Gasteiger partial charge on any atom is 0.255 e. The largest absolute Gasteiger partial charge is 0.361 e. The Labute approximate surface area is 155 Å². The van der Waals surface area contributed by atoms with Crippen molar-refractivity contribution in [3.05, 3.63) is 72.6 Å². The zero-order valence-corrected chi connectivity index (χ0v) is 14.6. The molecule has 7 nitrogen and oxygen atoms in total. The number of hydrogen-bond donors (Lipinski definition) is 1. The van der Waals surface area contributed by atoms with Gasteiger partial charge in [0.15, 0.2) is 0 Å². The molecule has 27 heavy (non-hydrogen) atoms. The van der Waals surface area contributed by atoms with Gasteiger partial charge in [0.25, 0.3) is 5.91 Å². The molecule has 1 aliphatic carbocycles. The molecule has 3 heterocycles. The number of fused-ring (bicyclic) bond motifs is 1. The molecule has 5 rings (SSSR count). The fourth-order valence-electron chi connectivity index (χ4n) is 3.30. The molecule has 1 saturated carbocycles. The van der Waals surface area contributed by atoms with Crippen LogP contribution in [0, 0.1) is 0 Å². The lowest BCUT2D eigenvalue weighted by Crippen LogP contribution is -2.32. The molecule has 0 spiro atoms. The van der Waals surface area contributed by atoms with Crippen molar-refractivity contribution in [2.24, 2.45) is 0 Å². The molecule has 1 fully saturated rings. The summed E-state index contributed by atoms with van der Waals surface area (Å²) in [5.41, 5.74) is 2.84. The number of aromatic amines is 1. The SMILES string of the molecule is O=C(c1ccc(-n2cnnc2)nc1)N(Cc1ccc2[nH]ccc2c1)C1CC1. The first-order valence-corrected chi connectivity index (χ1v) is 8.96. The quantitative estimate of drug-likeness (QED) is 0.595. The van der Waals surface area contributed by atoms with Gasteiger partial charge >= 0.3 is 0 Å². The number of hydrogen-bond acceptors (Lipinski definition) is 4. The number of nitrogens with one attached hydrogen (secondary N) is 1. The molecule has 1 aromatic carbocycles. The lowest BCUT2D eigenvalue weighted by atomic mass is 10.1. The Bertz CT molecular complexity index is 1080. The maximum atomic E-state index is 13.1. The third-order valence-electron chi connectivity index (χ3n) is 4.90. The highest BCUT2D eigenvalue weighted by atomic mass is 16.2. The first kappa shape index (κ1) is 15.7. The van der Waals surface area contributed by atoms with Gasteiger partial charge in [0.2, 0.25) is 0 Å². The predicted octanol–water partition coefficient (Wildman–Crippen LogP) is 2.95. The number of aromatic nitrogens is 5. The van der Waals surface area contributed by atoms with Gasteiger partial charge in [0.05, 0.1) is 5.56 Å². The van der Waals surface area contributed by atoms with E-state index >= 15 is 0 Å². The van der Waals surface area contributed by atoms with E-state index in [2.05, 4.69) is 44.4 Å². The van der Waals surface area contributed by atoms with Gasteiger partial charge in [-0.3, -0.25) is 9.36 Å². The van der Waals surface area contributed by atoms with E-state index in [0.717, 1.165) is 29.3 Å². The number of carbonyl (C=O) groups excluding carboxylic acids is 1. The van der Waals surface area contributed by atoms with E-state index in [4.69, 9.17) is 0 Å². The highest BCUT2D eigenvalue weighted by Crippen LogP contribution is 2.30. The Morgan fingerprint density at radius 3 is 2.74 bits per heavy atom. The van der Waals surface area contributed by atoms with Crippen molar-refractivity contribution in [3.8, 4) is 5.82 Å². The molecule has 0 aliphatic heterocycles. The Morgan fingerprint density at radius 1 is 1.15 bits per heavy atom. The molecule has 1 aliphatic rings. The minimum Gasteiger partial charge on any atom is -0.361 e.